The van der Waals surface area contributed by atoms with Crippen LogP contribution in [0, 0.1) is 10.1 Å². The van der Waals surface area contributed by atoms with Crippen LogP contribution in [0.25, 0.3) is 0 Å². The molecule has 120 valence electrons. The second-order valence-electron chi connectivity index (χ2n) is 4.52. The number of nitrogens with zero attached hydrogens (tertiary/aromatic N) is 1. The number of carbonyl (C=O) groups is 1. The normalized spacial score (nSPS) is 10.0. The van der Waals surface area contributed by atoms with Gasteiger partial charge in [-0.3, -0.25) is 14.9 Å². The van der Waals surface area contributed by atoms with Crippen LogP contribution in [0.3, 0.4) is 0 Å². The zero-order valence-corrected chi connectivity index (χ0v) is 13.0. The second-order valence-corrected chi connectivity index (χ2v) is 4.93. The van der Waals surface area contributed by atoms with E-state index in [0.717, 1.165) is 0 Å². The molecule has 23 heavy (non-hydrogen) atoms. The standard InChI is InChI=1S/C15H14ClN3O4/c1-23-14-5-3-2-4-13(14)17-9-15(20)18-12-7-6-10(19(21)22)8-11(12)16/h2-8,17H,9H2,1H3,(H,18,20). The third-order valence-electron chi connectivity index (χ3n) is 2.98. The minimum atomic E-state index is -0.555. The Morgan fingerprint density at radius 3 is 2.65 bits per heavy atom. The highest BCUT2D eigenvalue weighted by Gasteiger charge is 2.12. The third-order valence-corrected chi connectivity index (χ3v) is 3.30. The van der Waals surface area contributed by atoms with Crippen molar-refractivity contribution in [1.29, 1.82) is 0 Å². The van der Waals surface area contributed by atoms with Gasteiger partial charge in [0.15, 0.2) is 0 Å². The van der Waals surface area contributed by atoms with Gasteiger partial charge in [-0.15, -0.1) is 0 Å². The molecule has 0 aliphatic rings. The summed E-state index contributed by atoms with van der Waals surface area (Å²) in [6.07, 6.45) is 0. The average molecular weight is 336 g/mol. The summed E-state index contributed by atoms with van der Waals surface area (Å²) in [4.78, 5) is 22.0. The first-order chi connectivity index (χ1) is 11.0. The summed E-state index contributed by atoms with van der Waals surface area (Å²) in [6.45, 7) is -0.00626. The van der Waals surface area contributed by atoms with E-state index in [0.29, 0.717) is 17.1 Å². The molecule has 0 bridgehead atoms. The molecule has 2 rings (SSSR count). The third kappa shape index (κ3) is 4.33. The van der Waals surface area contributed by atoms with Crippen molar-refractivity contribution < 1.29 is 14.5 Å². The minimum absolute atomic E-state index is 0.00626. The number of methoxy groups -OCH3 is 1. The first kappa shape index (κ1) is 16.6. The summed E-state index contributed by atoms with van der Waals surface area (Å²) in [5.74, 6) is 0.278. The number of hydrogen-bond donors (Lipinski definition) is 2. The molecule has 0 aliphatic heterocycles. The number of halogens is 1. The second kappa shape index (κ2) is 7.46. The lowest BCUT2D eigenvalue weighted by Crippen LogP contribution is -2.22. The van der Waals surface area contributed by atoms with E-state index in [1.165, 1.54) is 25.3 Å². The predicted octanol–water partition coefficient (Wildman–Crippen LogP) is 3.31. The van der Waals surface area contributed by atoms with Crippen LogP contribution in [-0.4, -0.2) is 24.5 Å². The molecule has 0 atom stereocenters. The first-order valence-electron chi connectivity index (χ1n) is 6.62. The van der Waals surface area contributed by atoms with E-state index in [4.69, 9.17) is 16.3 Å². The van der Waals surface area contributed by atoms with Gasteiger partial charge in [-0.1, -0.05) is 23.7 Å². The number of non-ortho nitro benzene ring substituents is 1. The van der Waals surface area contributed by atoms with E-state index in [9.17, 15) is 14.9 Å². The van der Waals surface area contributed by atoms with Crippen molar-refractivity contribution in [3.63, 3.8) is 0 Å². The molecule has 1 amide bonds. The van der Waals surface area contributed by atoms with E-state index >= 15 is 0 Å². The number of anilines is 2. The average Bonchev–Trinajstić information content (AvgIpc) is 2.54. The van der Waals surface area contributed by atoms with Crippen molar-refractivity contribution in [3.05, 3.63) is 57.6 Å². The molecule has 0 saturated carbocycles. The van der Waals surface area contributed by atoms with Gasteiger partial charge in [0, 0.05) is 12.1 Å². The Labute approximate surface area is 137 Å². The Kier molecular flexibility index (Phi) is 5.37. The van der Waals surface area contributed by atoms with Crippen molar-refractivity contribution in [2.45, 2.75) is 0 Å². The smallest absolute Gasteiger partial charge is 0.271 e. The van der Waals surface area contributed by atoms with Crippen molar-refractivity contribution in [2.24, 2.45) is 0 Å². The number of nitro benzene ring substituents is 1. The molecular formula is C15H14ClN3O4. The van der Waals surface area contributed by atoms with Crippen molar-refractivity contribution in [2.75, 3.05) is 24.3 Å². The highest BCUT2D eigenvalue weighted by Crippen LogP contribution is 2.27. The Morgan fingerprint density at radius 2 is 2.00 bits per heavy atom. The van der Waals surface area contributed by atoms with Crippen molar-refractivity contribution in [3.8, 4) is 5.75 Å². The molecule has 2 N–H and O–H groups in total. The number of benzene rings is 2. The Balaban J connectivity index is 1.98. The van der Waals surface area contributed by atoms with E-state index in [1.54, 1.807) is 12.1 Å². The molecule has 0 aliphatic carbocycles. The maximum Gasteiger partial charge on any atom is 0.271 e. The topological polar surface area (TPSA) is 93.5 Å². The zero-order chi connectivity index (χ0) is 16.8. The molecule has 0 radical (unpaired) electrons. The molecule has 8 heteroatoms. The maximum atomic E-state index is 11.9. The van der Waals surface area contributed by atoms with Gasteiger partial charge in [0.25, 0.3) is 5.69 Å². The fourth-order valence-corrected chi connectivity index (χ4v) is 2.10. The fraction of sp³-hybridized carbons (Fsp3) is 0.133. The Morgan fingerprint density at radius 1 is 1.26 bits per heavy atom. The van der Waals surface area contributed by atoms with Crippen LogP contribution in [-0.2, 0) is 4.79 Å². The molecule has 0 saturated heterocycles. The van der Waals surface area contributed by atoms with Gasteiger partial charge in [0.1, 0.15) is 5.75 Å². The Hall–Kier alpha value is -2.80. The van der Waals surface area contributed by atoms with Gasteiger partial charge in [-0.2, -0.15) is 0 Å². The van der Waals surface area contributed by atoms with Crippen molar-refractivity contribution in [1.82, 2.24) is 0 Å². The van der Waals surface area contributed by atoms with E-state index in [2.05, 4.69) is 10.6 Å². The lowest BCUT2D eigenvalue weighted by molar-refractivity contribution is -0.384. The summed E-state index contributed by atoms with van der Waals surface area (Å²) >= 11 is 5.92. The zero-order valence-electron chi connectivity index (χ0n) is 12.2. The number of para-hydroxylation sites is 2. The van der Waals surface area contributed by atoms with Crippen LogP contribution in [0.1, 0.15) is 0 Å². The summed E-state index contributed by atoms with van der Waals surface area (Å²) in [7, 11) is 1.54. The number of rotatable bonds is 6. The van der Waals surface area contributed by atoms with Gasteiger partial charge in [-0.05, 0) is 18.2 Å². The van der Waals surface area contributed by atoms with Crippen LogP contribution < -0.4 is 15.4 Å². The van der Waals surface area contributed by atoms with E-state index < -0.39 is 4.92 Å². The number of carbonyl (C=O) groups excluding carboxylic acids is 1. The molecule has 0 heterocycles. The van der Waals surface area contributed by atoms with E-state index in [1.807, 2.05) is 12.1 Å². The van der Waals surface area contributed by atoms with Crippen LogP contribution in [0.5, 0.6) is 5.75 Å². The number of hydrogen-bond acceptors (Lipinski definition) is 5. The van der Waals surface area contributed by atoms with Crippen LogP contribution in [0.4, 0.5) is 17.1 Å². The highest BCUT2D eigenvalue weighted by atomic mass is 35.5. The van der Waals surface area contributed by atoms with Crippen LogP contribution in [0.15, 0.2) is 42.5 Å². The monoisotopic (exact) mass is 335 g/mol. The number of nitro groups is 1. The van der Waals surface area contributed by atoms with Gasteiger partial charge in [0.2, 0.25) is 5.91 Å². The predicted molar refractivity (Wildman–Crippen MR) is 88.2 cm³/mol. The number of ether oxygens (including phenoxy) is 1. The summed E-state index contributed by atoms with van der Waals surface area (Å²) in [5, 5.41) is 16.3. The van der Waals surface area contributed by atoms with Gasteiger partial charge < -0.3 is 15.4 Å². The molecule has 0 unspecified atom stereocenters. The number of nitrogens with one attached hydrogen (secondary N) is 2. The van der Waals surface area contributed by atoms with Gasteiger partial charge in [-0.25, -0.2) is 0 Å². The summed E-state index contributed by atoms with van der Waals surface area (Å²) < 4.78 is 5.17. The lowest BCUT2D eigenvalue weighted by Gasteiger charge is -2.11. The molecule has 0 spiro atoms. The van der Waals surface area contributed by atoms with E-state index in [-0.39, 0.29) is 23.2 Å². The summed E-state index contributed by atoms with van der Waals surface area (Å²) in [6, 6.07) is 11.0. The van der Waals surface area contributed by atoms with Gasteiger partial charge >= 0.3 is 0 Å². The van der Waals surface area contributed by atoms with Crippen LogP contribution in [0.2, 0.25) is 5.02 Å². The molecular weight excluding hydrogens is 322 g/mol. The quantitative estimate of drug-likeness (QED) is 0.624. The lowest BCUT2D eigenvalue weighted by atomic mass is 10.2. The highest BCUT2D eigenvalue weighted by molar-refractivity contribution is 6.34. The Bertz CT molecular complexity index is 736. The molecule has 7 nitrogen and oxygen atoms in total. The maximum absolute atomic E-state index is 11.9. The molecule has 0 fully saturated rings. The molecule has 2 aromatic rings. The summed E-state index contributed by atoms with van der Waals surface area (Å²) in [5.41, 5.74) is 0.851. The largest absolute Gasteiger partial charge is 0.495 e. The van der Waals surface area contributed by atoms with Crippen LogP contribution >= 0.6 is 11.6 Å². The van der Waals surface area contributed by atoms with Crippen molar-refractivity contribution >= 4 is 34.6 Å². The molecule has 2 aromatic carbocycles. The number of amides is 1. The van der Waals surface area contributed by atoms with Gasteiger partial charge in [0.05, 0.1) is 35.0 Å². The SMILES string of the molecule is COc1ccccc1NCC(=O)Nc1ccc([N+](=O)[O-])cc1Cl. The molecule has 0 aromatic heterocycles. The minimum Gasteiger partial charge on any atom is -0.495 e. The first-order valence-corrected chi connectivity index (χ1v) is 6.99. The fourth-order valence-electron chi connectivity index (χ4n) is 1.88.